The molecule has 0 saturated carbocycles. The molecule has 1 N–H and O–H groups in total. The zero-order valence-electron chi connectivity index (χ0n) is 9.96. The highest BCUT2D eigenvalue weighted by molar-refractivity contribution is 6.10. The topological polar surface area (TPSA) is 62.8 Å². The molecule has 0 spiro atoms. The quantitative estimate of drug-likeness (QED) is 0.709. The van der Waals surface area contributed by atoms with Crippen LogP contribution in [0.15, 0.2) is 59.7 Å². The summed E-state index contributed by atoms with van der Waals surface area (Å²) in [6.45, 7) is 0. The Morgan fingerprint density at radius 3 is 2.58 bits per heavy atom. The van der Waals surface area contributed by atoms with Crippen LogP contribution in [0.2, 0.25) is 0 Å². The maximum atomic E-state index is 12.3. The number of hydrogen-bond acceptors (Lipinski definition) is 3. The van der Waals surface area contributed by atoms with Crippen molar-refractivity contribution in [2.75, 3.05) is 0 Å². The van der Waals surface area contributed by atoms with Gasteiger partial charge in [0.1, 0.15) is 0 Å². The molecule has 2 aromatic carbocycles. The van der Waals surface area contributed by atoms with E-state index >= 15 is 0 Å². The molecule has 0 fully saturated rings. The second kappa shape index (κ2) is 4.49. The zero-order chi connectivity index (χ0) is 13.2. The van der Waals surface area contributed by atoms with Crippen LogP contribution in [0.1, 0.15) is 15.9 Å². The van der Waals surface area contributed by atoms with Gasteiger partial charge in [-0.1, -0.05) is 30.3 Å². The van der Waals surface area contributed by atoms with Crippen LogP contribution in [0.3, 0.4) is 0 Å². The molecule has 92 valence electrons. The van der Waals surface area contributed by atoms with Gasteiger partial charge in [-0.3, -0.25) is 9.59 Å². The third-order valence-electron chi connectivity index (χ3n) is 2.94. The standard InChI is InChI=1S/C15H10N2O2/c18-14(10-4-2-1-3-5-10)11-6-7-13-12(8-11)15(19)17-9-16-13/h1-9H,(H,16,17,19). The Kier molecular flexibility index (Phi) is 2.68. The largest absolute Gasteiger partial charge is 0.313 e. The number of nitrogens with zero attached hydrogens (tertiary/aromatic N) is 1. The van der Waals surface area contributed by atoms with Crippen LogP contribution in [0.4, 0.5) is 0 Å². The number of nitrogens with one attached hydrogen (secondary N) is 1. The van der Waals surface area contributed by atoms with Gasteiger partial charge in [-0.05, 0) is 18.2 Å². The molecule has 0 saturated heterocycles. The van der Waals surface area contributed by atoms with Gasteiger partial charge in [-0.25, -0.2) is 4.98 Å². The second-order valence-corrected chi connectivity index (χ2v) is 4.16. The summed E-state index contributed by atoms with van der Waals surface area (Å²) in [5.41, 5.74) is 1.42. The summed E-state index contributed by atoms with van der Waals surface area (Å²) in [5, 5.41) is 0.421. The molecule has 0 radical (unpaired) electrons. The van der Waals surface area contributed by atoms with Crippen molar-refractivity contribution >= 4 is 16.7 Å². The first-order valence-electron chi connectivity index (χ1n) is 5.83. The Morgan fingerprint density at radius 1 is 1.00 bits per heavy atom. The summed E-state index contributed by atoms with van der Waals surface area (Å²) in [4.78, 5) is 30.5. The average molecular weight is 250 g/mol. The second-order valence-electron chi connectivity index (χ2n) is 4.16. The predicted octanol–water partition coefficient (Wildman–Crippen LogP) is 2.15. The highest BCUT2D eigenvalue weighted by Crippen LogP contribution is 2.13. The third kappa shape index (κ3) is 2.04. The predicted molar refractivity (Wildman–Crippen MR) is 72.2 cm³/mol. The molecule has 1 aromatic heterocycles. The van der Waals surface area contributed by atoms with E-state index in [1.165, 1.54) is 6.33 Å². The molecule has 0 atom stereocenters. The van der Waals surface area contributed by atoms with Crippen LogP contribution in [0, 0.1) is 0 Å². The number of aromatic nitrogens is 2. The van der Waals surface area contributed by atoms with Crippen molar-refractivity contribution in [3.63, 3.8) is 0 Å². The van der Waals surface area contributed by atoms with Crippen LogP contribution in [-0.4, -0.2) is 15.8 Å². The fourth-order valence-corrected chi connectivity index (χ4v) is 1.97. The van der Waals surface area contributed by atoms with E-state index < -0.39 is 0 Å². The average Bonchev–Trinajstić information content (AvgIpc) is 2.47. The minimum Gasteiger partial charge on any atom is -0.313 e. The molecule has 4 heteroatoms. The molecule has 0 aliphatic rings. The zero-order valence-corrected chi connectivity index (χ0v) is 9.96. The fraction of sp³-hybridized carbons (Fsp3) is 0. The molecule has 0 unspecified atom stereocenters. The molecule has 0 aliphatic carbocycles. The number of rotatable bonds is 2. The van der Waals surface area contributed by atoms with Gasteiger partial charge in [0.2, 0.25) is 0 Å². The van der Waals surface area contributed by atoms with E-state index in [0.717, 1.165) is 0 Å². The minimum absolute atomic E-state index is 0.106. The van der Waals surface area contributed by atoms with Crippen LogP contribution >= 0.6 is 0 Å². The number of H-pyrrole nitrogens is 1. The monoisotopic (exact) mass is 250 g/mol. The fourth-order valence-electron chi connectivity index (χ4n) is 1.97. The van der Waals surface area contributed by atoms with Crippen LogP contribution < -0.4 is 5.56 Å². The maximum absolute atomic E-state index is 12.3. The van der Waals surface area contributed by atoms with Crippen LogP contribution in [0.25, 0.3) is 10.9 Å². The first-order valence-corrected chi connectivity index (χ1v) is 5.83. The van der Waals surface area contributed by atoms with E-state index in [2.05, 4.69) is 9.97 Å². The Balaban J connectivity index is 2.14. The van der Waals surface area contributed by atoms with Gasteiger partial charge >= 0.3 is 0 Å². The number of aromatic amines is 1. The normalized spacial score (nSPS) is 10.5. The SMILES string of the molecule is O=C(c1ccccc1)c1ccc2nc[nH]c(=O)c2c1. The molecule has 0 bridgehead atoms. The molecule has 19 heavy (non-hydrogen) atoms. The van der Waals surface area contributed by atoms with E-state index in [1.54, 1.807) is 30.3 Å². The van der Waals surface area contributed by atoms with Crippen molar-refractivity contribution in [3.8, 4) is 0 Å². The lowest BCUT2D eigenvalue weighted by atomic mass is 10.0. The van der Waals surface area contributed by atoms with Crippen molar-refractivity contribution in [1.29, 1.82) is 0 Å². The van der Waals surface area contributed by atoms with Crippen molar-refractivity contribution in [2.24, 2.45) is 0 Å². The summed E-state index contributed by atoms with van der Waals surface area (Å²) in [6.07, 6.45) is 1.35. The Hall–Kier alpha value is -2.75. The van der Waals surface area contributed by atoms with E-state index in [-0.39, 0.29) is 11.3 Å². The van der Waals surface area contributed by atoms with Crippen molar-refractivity contribution in [1.82, 2.24) is 9.97 Å². The summed E-state index contributed by atoms with van der Waals surface area (Å²) < 4.78 is 0. The van der Waals surface area contributed by atoms with Crippen molar-refractivity contribution in [2.45, 2.75) is 0 Å². The third-order valence-corrected chi connectivity index (χ3v) is 2.94. The number of hydrogen-bond donors (Lipinski definition) is 1. The summed E-state index contributed by atoms with van der Waals surface area (Å²) >= 11 is 0. The Bertz CT molecular complexity index is 807. The van der Waals surface area contributed by atoms with E-state index in [1.807, 2.05) is 18.2 Å². The lowest BCUT2D eigenvalue weighted by Gasteiger charge is -2.02. The lowest BCUT2D eigenvalue weighted by molar-refractivity contribution is 0.103. The van der Waals surface area contributed by atoms with Crippen molar-refractivity contribution in [3.05, 3.63) is 76.3 Å². The molecule has 3 rings (SSSR count). The smallest absolute Gasteiger partial charge is 0.258 e. The molecule has 1 heterocycles. The van der Waals surface area contributed by atoms with Crippen molar-refractivity contribution < 1.29 is 4.79 Å². The first-order chi connectivity index (χ1) is 9.25. The molecule has 4 nitrogen and oxygen atoms in total. The number of carbonyl (C=O) groups excluding carboxylic acids is 1. The summed E-state index contributed by atoms with van der Waals surface area (Å²) in [6, 6.07) is 13.9. The number of ketones is 1. The number of fused-ring (bicyclic) bond motifs is 1. The molecular formula is C15H10N2O2. The van der Waals surface area contributed by atoms with Crippen LogP contribution in [-0.2, 0) is 0 Å². The lowest BCUT2D eigenvalue weighted by Crippen LogP contribution is -2.08. The summed E-state index contributed by atoms with van der Waals surface area (Å²) in [5.74, 6) is -0.106. The van der Waals surface area contributed by atoms with E-state index in [0.29, 0.717) is 22.0 Å². The highest BCUT2D eigenvalue weighted by atomic mass is 16.1. The highest BCUT2D eigenvalue weighted by Gasteiger charge is 2.10. The first kappa shape index (κ1) is 11.3. The van der Waals surface area contributed by atoms with Gasteiger partial charge < -0.3 is 4.98 Å². The van der Waals surface area contributed by atoms with E-state index in [4.69, 9.17) is 0 Å². The van der Waals surface area contributed by atoms with Gasteiger partial charge in [0.05, 0.1) is 17.2 Å². The Morgan fingerprint density at radius 2 is 1.79 bits per heavy atom. The van der Waals surface area contributed by atoms with Gasteiger partial charge in [0.25, 0.3) is 5.56 Å². The van der Waals surface area contributed by atoms with Gasteiger partial charge in [0, 0.05) is 11.1 Å². The molecule has 0 amide bonds. The van der Waals surface area contributed by atoms with Gasteiger partial charge in [-0.15, -0.1) is 0 Å². The number of carbonyl (C=O) groups is 1. The summed E-state index contributed by atoms with van der Waals surface area (Å²) in [7, 11) is 0. The van der Waals surface area contributed by atoms with Gasteiger partial charge in [0.15, 0.2) is 5.78 Å². The molecule has 0 aliphatic heterocycles. The Labute approximate surface area is 108 Å². The van der Waals surface area contributed by atoms with Gasteiger partial charge in [-0.2, -0.15) is 0 Å². The maximum Gasteiger partial charge on any atom is 0.258 e. The van der Waals surface area contributed by atoms with Crippen LogP contribution in [0.5, 0.6) is 0 Å². The van der Waals surface area contributed by atoms with E-state index in [9.17, 15) is 9.59 Å². The molecule has 3 aromatic rings. The minimum atomic E-state index is -0.243. The molecular weight excluding hydrogens is 240 g/mol. The number of benzene rings is 2.